The highest BCUT2D eigenvalue weighted by atomic mass is 16.5. The molecule has 0 saturated carbocycles. The van der Waals surface area contributed by atoms with Gasteiger partial charge in [0.05, 0.1) is 17.9 Å². The van der Waals surface area contributed by atoms with Gasteiger partial charge in [0, 0.05) is 12.0 Å². The number of nitrogens with zero attached hydrogens (tertiary/aromatic N) is 2. The standard InChI is InChI=1S/C10H10N2O/c11-5-10(6-12)7-13-9-4-2-1-3-8(9)10/h1-4,7H2. The molecular formula is C10H10N2O. The Morgan fingerprint density at radius 1 is 1.15 bits per heavy atom. The lowest BCUT2D eigenvalue weighted by Crippen LogP contribution is -2.20. The fraction of sp³-hybridized carbons (Fsp3) is 0.600. The molecule has 0 atom stereocenters. The minimum absolute atomic E-state index is 0.241. The van der Waals surface area contributed by atoms with E-state index in [-0.39, 0.29) is 6.61 Å². The van der Waals surface area contributed by atoms with E-state index >= 15 is 0 Å². The predicted molar refractivity (Wildman–Crippen MR) is 45.1 cm³/mol. The molecule has 0 aromatic rings. The van der Waals surface area contributed by atoms with Crippen LogP contribution in [0.5, 0.6) is 0 Å². The van der Waals surface area contributed by atoms with Crippen LogP contribution in [0.4, 0.5) is 0 Å². The van der Waals surface area contributed by atoms with Crippen molar-refractivity contribution in [3.05, 3.63) is 11.3 Å². The summed E-state index contributed by atoms with van der Waals surface area (Å²) in [5.74, 6) is 0.911. The summed E-state index contributed by atoms with van der Waals surface area (Å²) in [7, 11) is 0. The lowest BCUT2D eigenvalue weighted by Gasteiger charge is -2.16. The fourth-order valence-corrected chi connectivity index (χ4v) is 2.00. The third-order valence-corrected chi connectivity index (χ3v) is 2.78. The molecule has 0 amide bonds. The molecular weight excluding hydrogens is 164 g/mol. The Kier molecular flexibility index (Phi) is 1.74. The van der Waals surface area contributed by atoms with E-state index in [0.717, 1.165) is 37.0 Å². The van der Waals surface area contributed by atoms with Gasteiger partial charge in [-0.15, -0.1) is 0 Å². The van der Waals surface area contributed by atoms with Gasteiger partial charge < -0.3 is 4.74 Å². The Bertz CT molecular complexity index is 329. The molecule has 0 bridgehead atoms. The van der Waals surface area contributed by atoms with Crippen molar-refractivity contribution in [3.8, 4) is 12.1 Å². The molecule has 0 saturated heterocycles. The van der Waals surface area contributed by atoms with Gasteiger partial charge in [-0.05, 0) is 19.3 Å². The fourth-order valence-electron chi connectivity index (χ4n) is 2.00. The summed E-state index contributed by atoms with van der Waals surface area (Å²) >= 11 is 0. The van der Waals surface area contributed by atoms with Gasteiger partial charge in [0.15, 0.2) is 0 Å². The van der Waals surface area contributed by atoms with Crippen LogP contribution in [-0.2, 0) is 4.74 Å². The third-order valence-electron chi connectivity index (χ3n) is 2.78. The van der Waals surface area contributed by atoms with Crippen molar-refractivity contribution in [1.29, 1.82) is 10.5 Å². The first-order chi connectivity index (χ1) is 6.32. The summed E-state index contributed by atoms with van der Waals surface area (Å²) in [4.78, 5) is 0. The molecule has 0 unspecified atom stereocenters. The number of rotatable bonds is 0. The Hall–Kier alpha value is -1.48. The zero-order valence-corrected chi connectivity index (χ0v) is 7.34. The first-order valence-electron chi connectivity index (χ1n) is 4.50. The molecule has 0 spiro atoms. The monoisotopic (exact) mass is 174 g/mol. The van der Waals surface area contributed by atoms with E-state index in [9.17, 15) is 0 Å². The van der Waals surface area contributed by atoms with Crippen LogP contribution >= 0.6 is 0 Å². The maximum atomic E-state index is 8.97. The molecule has 3 nitrogen and oxygen atoms in total. The van der Waals surface area contributed by atoms with Crippen molar-refractivity contribution in [2.45, 2.75) is 25.7 Å². The molecule has 66 valence electrons. The zero-order valence-electron chi connectivity index (χ0n) is 7.34. The van der Waals surface area contributed by atoms with Crippen LogP contribution in [0, 0.1) is 28.1 Å². The van der Waals surface area contributed by atoms with Crippen LogP contribution < -0.4 is 0 Å². The Balaban J connectivity index is 2.42. The lowest BCUT2D eigenvalue weighted by atomic mass is 9.79. The summed E-state index contributed by atoms with van der Waals surface area (Å²) in [6.07, 6.45) is 3.95. The number of nitriles is 2. The predicted octanol–water partition coefficient (Wildman–Crippen LogP) is 1.88. The summed E-state index contributed by atoms with van der Waals surface area (Å²) in [6.45, 7) is 0.241. The SMILES string of the molecule is N#CC1(C#N)COC2=C1CCCC2. The molecule has 2 rings (SSSR count). The Morgan fingerprint density at radius 2 is 1.85 bits per heavy atom. The first-order valence-corrected chi connectivity index (χ1v) is 4.50. The number of hydrogen-bond donors (Lipinski definition) is 0. The normalized spacial score (nSPS) is 24.2. The summed E-state index contributed by atoms with van der Waals surface area (Å²) in [6, 6.07) is 4.16. The minimum Gasteiger partial charge on any atom is -0.495 e. The number of ether oxygens (including phenoxy) is 1. The smallest absolute Gasteiger partial charge is 0.201 e. The minimum atomic E-state index is -0.963. The number of allylic oxidation sites excluding steroid dienone is 1. The van der Waals surface area contributed by atoms with Gasteiger partial charge in [0.25, 0.3) is 0 Å². The maximum absolute atomic E-state index is 8.97. The van der Waals surface area contributed by atoms with Gasteiger partial charge in [0.2, 0.25) is 5.41 Å². The van der Waals surface area contributed by atoms with E-state index in [1.165, 1.54) is 0 Å². The van der Waals surface area contributed by atoms with E-state index in [0.29, 0.717) is 0 Å². The highest BCUT2D eigenvalue weighted by Crippen LogP contribution is 2.43. The van der Waals surface area contributed by atoms with Gasteiger partial charge in [-0.3, -0.25) is 0 Å². The van der Waals surface area contributed by atoms with Gasteiger partial charge in [-0.1, -0.05) is 0 Å². The average molecular weight is 174 g/mol. The largest absolute Gasteiger partial charge is 0.495 e. The van der Waals surface area contributed by atoms with E-state index in [2.05, 4.69) is 12.1 Å². The topological polar surface area (TPSA) is 56.8 Å². The molecule has 2 aliphatic rings. The molecule has 0 fully saturated rings. The second-order valence-electron chi connectivity index (χ2n) is 3.53. The molecule has 0 aromatic carbocycles. The highest BCUT2D eigenvalue weighted by molar-refractivity contribution is 5.39. The van der Waals surface area contributed by atoms with Crippen LogP contribution in [0.2, 0.25) is 0 Å². The van der Waals surface area contributed by atoms with E-state index < -0.39 is 5.41 Å². The van der Waals surface area contributed by atoms with E-state index in [4.69, 9.17) is 15.3 Å². The van der Waals surface area contributed by atoms with Crippen molar-refractivity contribution < 1.29 is 4.74 Å². The molecule has 1 aliphatic carbocycles. The quantitative estimate of drug-likeness (QED) is 0.563. The molecule has 1 aliphatic heterocycles. The van der Waals surface area contributed by atoms with Crippen LogP contribution in [0.15, 0.2) is 11.3 Å². The van der Waals surface area contributed by atoms with Crippen molar-refractivity contribution in [2.75, 3.05) is 6.61 Å². The van der Waals surface area contributed by atoms with Gasteiger partial charge >= 0.3 is 0 Å². The van der Waals surface area contributed by atoms with Crippen LogP contribution in [0.3, 0.4) is 0 Å². The molecule has 0 radical (unpaired) electrons. The van der Waals surface area contributed by atoms with Crippen molar-refractivity contribution in [2.24, 2.45) is 5.41 Å². The van der Waals surface area contributed by atoms with E-state index in [1.54, 1.807) is 0 Å². The molecule has 0 N–H and O–H groups in total. The van der Waals surface area contributed by atoms with Crippen LogP contribution in [0.1, 0.15) is 25.7 Å². The second kappa shape index (κ2) is 2.78. The first kappa shape index (κ1) is 8.13. The summed E-state index contributed by atoms with van der Waals surface area (Å²) in [5.41, 5.74) is -0.0146. The maximum Gasteiger partial charge on any atom is 0.201 e. The second-order valence-corrected chi connectivity index (χ2v) is 3.53. The molecule has 0 aromatic heterocycles. The number of hydrogen-bond acceptors (Lipinski definition) is 3. The summed E-state index contributed by atoms with van der Waals surface area (Å²) < 4.78 is 5.39. The lowest BCUT2D eigenvalue weighted by molar-refractivity contribution is 0.205. The van der Waals surface area contributed by atoms with Crippen molar-refractivity contribution in [3.63, 3.8) is 0 Å². The van der Waals surface area contributed by atoms with E-state index in [1.807, 2.05) is 0 Å². The highest BCUT2D eigenvalue weighted by Gasteiger charge is 2.44. The van der Waals surface area contributed by atoms with Gasteiger partial charge in [-0.25, -0.2) is 0 Å². The van der Waals surface area contributed by atoms with Gasteiger partial charge in [-0.2, -0.15) is 10.5 Å². The molecule has 3 heteroatoms. The third kappa shape index (κ3) is 1.01. The van der Waals surface area contributed by atoms with Crippen molar-refractivity contribution >= 4 is 0 Å². The summed E-state index contributed by atoms with van der Waals surface area (Å²) in [5, 5.41) is 17.9. The zero-order chi connectivity index (χ0) is 9.31. The van der Waals surface area contributed by atoms with Crippen molar-refractivity contribution in [1.82, 2.24) is 0 Å². The Morgan fingerprint density at radius 3 is 2.54 bits per heavy atom. The van der Waals surface area contributed by atoms with Gasteiger partial charge in [0.1, 0.15) is 6.61 Å². The van der Waals surface area contributed by atoms with Crippen LogP contribution in [0.25, 0.3) is 0 Å². The molecule has 1 heterocycles. The van der Waals surface area contributed by atoms with Crippen LogP contribution in [-0.4, -0.2) is 6.61 Å². The molecule has 13 heavy (non-hydrogen) atoms. The average Bonchev–Trinajstić information content (AvgIpc) is 2.58. The Labute approximate surface area is 77.2 Å².